The molecule has 0 bridgehead atoms. The van der Waals surface area contributed by atoms with Gasteiger partial charge in [-0.25, -0.2) is 14.4 Å². The van der Waals surface area contributed by atoms with E-state index in [0.29, 0.717) is 11.1 Å². The van der Waals surface area contributed by atoms with Gasteiger partial charge in [0.05, 0.1) is 34.5 Å². The van der Waals surface area contributed by atoms with Crippen molar-refractivity contribution >= 4 is 45.7 Å². The van der Waals surface area contributed by atoms with Gasteiger partial charge >= 0.3 is 0 Å². The van der Waals surface area contributed by atoms with Gasteiger partial charge in [-0.1, -0.05) is 47.5 Å². The summed E-state index contributed by atoms with van der Waals surface area (Å²) in [4.78, 5) is 33.8. The van der Waals surface area contributed by atoms with Crippen LogP contribution in [-0.2, 0) is 6.54 Å². The first-order valence-electron chi connectivity index (χ1n) is 8.93. The van der Waals surface area contributed by atoms with E-state index in [9.17, 15) is 19.1 Å². The van der Waals surface area contributed by atoms with E-state index in [1.807, 2.05) is 0 Å². The maximum atomic E-state index is 14.0. The van der Waals surface area contributed by atoms with Crippen molar-refractivity contribution in [2.45, 2.75) is 6.54 Å². The normalized spacial score (nSPS) is 10.9. The molecule has 4 aromatic rings. The number of aromatic nitrogens is 3. The maximum absolute atomic E-state index is 14.0. The summed E-state index contributed by atoms with van der Waals surface area (Å²) in [6.45, 7) is -0.0263. The van der Waals surface area contributed by atoms with E-state index in [1.165, 1.54) is 23.0 Å². The molecule has 0 atom stereocenters. The van der Waals surface area contributed by atoms with Crippen molar-refractivity contribution in [2.24, 2.45) is 0 Å². The molecule has 31 heavy (non-hydrogen) atoms. The molecule has 0 aliphatic heterocycles. The van der Waals surface area contributed by atoms with Crippen LogP contribution in [0, 0.1) is 5.82 Å². The fourth-order valence-electron chi connectivity index (χ4n) is 3.01. The number of hydrogen-bond acceptors (Lipinski definition) is 5. The second kappa shape index (κ2) is 8.33. The lowest BCUT2D eigenvalue weighted by molar-refractivity contribution is 0.102. The van der Waals surface area contributed by atoms with Crippen LogP contribution in [0.2, 0.25) is 10.2 Å². The number of rotatable bonds is 4. The maximum Gasteiger partial charge on any atom is 0.274 e. The number of fused-ring (bicyclic) bond motifs is 1. The van der Waals surface area contributed by atoms with Crippen molar-refractivity contribution in [2.75, 3.05) is 5.32 Å². The summed E-state index contributed by atoms with van der Waals surface area (Å²) >= 11 is 11.6. The lowest BCUT2D eigenvalue weighted by atomic mass is 10.2. The first-order chi connectivity index (χ1) is 14.8. The molecule has 2 aromatic carbocycles. The molecule has 0 saturated carbocycles. The number of pyridine rings is 1. The van der Waals surface area contributed by atoms with Crippen LogP contribution in [0.25, 0.3) is 10.9 Å². The average molecular weight is 459 g/mol. The second-order valence-corrected chi connectivity index (χ2v) is 7.32. The zero-order valence-corrected chi connectivity index (χ0v) is 17.2. The quantitative estimate of drug-likeness (QED) is 0.445. The van der Waals surface area contributed by atoms with Crippen LogP contribution >= 0.6 is 23.2 Å². The molecule has 4 rings (SSSR count). The minimum absolute atomic E-state index is 0.0263. The number of amides is 1. The van der Waals surface area contributed by atoms with Gasteiger partial charge in [0.25, 0.3) is 11.5 Å². The predicted octanol–water partition coefficient (Wildman–Crippen LogP) is 4.24. The molecule has 0 unspecified atom stereocenters. The van der Waals surface area contributed by atoms with Crippen molar-refractivity contribution < 1.29 is 14.3 Å². The highest BCUT2D eigenvalue weighted by molar-refractivity contribution is 6.36. The van der Waals surface area contributed by atoms with Gasteiger partial charge in [-0.05, 0) is 24.3 Å². The Kier molecular flexibility index (Phi) is 5.58. The Morgan fingerprint density at radius 3 is 2.68 bits per heavy atom. The molecule has 0 spiro atoms. The molecule has 2 aromatic heterocycles. The van der Waals surface area contributed by atoms with Gasteiger partial charge in [0, 0.05) is 5.56 Å². The summed E-state index contributed by atoms with van der Waals surface area (Å²) in [5.41, 5.74) is 0.247. The van der Waals surface area contributed by atoms with Crippen LogP contribution in [0.4, 0.5) is 10.1 Å². The summed E-state index contributed by atoms with van der Waals surface area (Å²) in [5, 5.41) is 11.9. The first-order valence-corrected chi connectivity index (χ1v) is 9.68. The summed E-state index contributed by atoms with van der Waals surface area (Å²) in [7, 11) is 0. The van der Waals surface area contributed by atoms with E-state index < -0.39 is 23.0 Å². The van der Waals surface area contributed by atoms with Gasteiger partial charge in [-0.15, -0.1) is 0 Å². The molecule has 2 heterocycles. The van der Waals surface area contributed by atoms with Gasteiger partial charge in [0.2, 0.25) is 0 Å². The Balaban J connectivity index is 1.74. The monoisotopic (exact) mass is 458 g/mol. The number of benzene rings is 2. The molecule has 0 aliphatic rings. The molecule has 0 aliphatic carbocycles. The molecule has 2 N–H and O–H groups in total. The van der Waals surface area contributed by atoms with Gasteiger partial charge in [0.15, 0.2) is 10.9 Å². The average Bonchev–Trinajstić information content (AvgIpc) is 2.75. The van der Waals surface area contributed by atoms with E-state index in [4.69, 9.17) is 23.2 Å². The van der Waals surface area contributed by atoms with Gasteiger partial charge in [0.1, 0.15) is 11.5 Å². The van der Waals surface area contributed by atoms with Crippen molar-refractivity contribution in [1.82, 2.24) is 14.5 Å². The molecule has 0 radical (unpaired) electrons. The molecule has 10 heteroatoms. The van der Waals surface area contributed by atoms with E-state index in [-0.39, 0.29) is 33.5 Å². The van der Waals surface area contributed by atoms with Gasteiger partial charge < -0.3 is 10.4 Å². The minimum Gasteiger partial charge on any atom is -0.504 e. The Morgan fingerprint density at radius 2 is 1.94 bits per heavy atom. The van der Waals surface area contributed by atoms with Crippen LogP contribution in [-0.4, -0.2) is 25.5 Å². The van der Waals surface area contributed by atoms with Crippen molar-refractivity contribution in [3.63, 3.8) is 0 Å². The Bertz CT molecular complexity index is 1370. The highest BCUT2D eigenvalue weighted by Crippen LogP contribution is 2.30. The number of anilines is 1. The zero-order valence-electron chi connectivity index (χ0n) is 15.6. The smallest absolute Gasteiger partial charge is 0.274 e. The predicted molar refractivity (Wildman–Crippen MR) is 115 cm³/mol. The zero-order chi connectivity index (χ0) is 22.1. The lowest BCUT2D eigenvalue weighted by Crippen LogP contribution is -2.23. The molecule has 0 fully saturated rings. The second-order valence-electron chi connectivity index (χ2n) is 6.55. The van der Waals surface area contributed by atoms with E-state index in [0.717, 1.165) is 6.07 Å². The highest BCUT2D eigenvalue weighted by atomic mass is 35.5. The first kappa shape index (κ1) is 20.8. The molecule has 7 nitrogen and oxygen atoms in total. The van der Waals surface area contributed by atoms with E-state index in [1.54, 1.807) is 30.3 Å². The van der Waals surface area contributed by atoms with Gasteiger partial charge in [-0.2, -0.15) is 0 Å². The Hall–Kier alpha value is -3.49. The number of aromatic hydroxyl groups is 1. The third-order valence-electron chi connectivity index (χ3n) is 4.54. The van der Waals surface area contributed by atoms with E-state index in [2.05, 4.69) is 15.3 Å². The molecular formula is C21H13Cl2FN4O3. The molecule has 0 saturated heterocycles. The number of nitrogens with zero attached hydrogens (tertiary/aromatic N) is 3. The molecule has 1 amide bonds. The highest BCUT2D eigenvalue weighted by Gasteiger charge is 2.17. The number of carbonyl (C=O) groups excluding carboxylic acids is 1. The molecule has 156 valence electrons. The van der Waals surface area contributed by atoms with Crippen LogP contribution in [0.15, 0.2) is 59.7 Å². The van der Waals surface area contributed by atoms with Crippen LogP contribution in [0.1, 0.15) is 16.1 Å². The number of halogens is 3. The van der Waals surface area contributed by atoms with Crippen LogP contribution in [0.3, 0.4) is 0 Å². The SMILES string of the molecule is O=C(Nc1cccc2ncn(Cc3ccccc3F)c(=O)c12)c1cc(Cl)c(O)c(Cl)n1. The largest absolute Gasteiger partial charge is 0.504 e. The van der Waals surface area contributed by atoms with Crippen LogP contribution in [0.5, 0.6) is 5.75 Å². The summed E-state index contributed by atoms with van der Waals surface area (Å²) < 4.78 is 15.3. The molecular weight excluding hydrogens is 446 g/mol. The van der Waals surface area contributed by atoms with Crippen molar-refractivity contribution in [3.8, 4) is 5.75 Å². The lowest BCUT2D eigenvalue weighted by Gasteiger charge is -2.11. The summed E-state index contributed by atoms with van der Waals surface area (Å²) in [6.07, 6.45) is 1.32. The van der Waals surface area contributed by atoms with Crippen molar-refractivity contribution in [3.05, 3.63) is 92.5 Å². The number of carbonyl (C=O) groups is 1. The third-order valence-corrected chi connectivity index (χ3v) is 5.09. The number of nitrogens with one attached hydrogen (secondary N) is 1. The number of hydrogen-bond donors (Lipinski definition) is 2. The fraction of sp³-hybridized carbons (Fsp3) is 0.0476. The van der Waals surface area contributed by atoms with Gasteiger partial charge in [-0.3, -0.25) is 14.2 Å². The summed E-state index contributed by atoms with van der Waals surface area (Å²) in [5.74, 6) is -1.58. The Labute approximate surface area is 184 Å². The summed E-state index contributed by atoms with van der Waals surface area (Å²) in [6, 6.07) is 12.0. The Morgan fingerprint density at radius 1 is 1.16 bits per heavy atom. The third kappa shape index (κ3) is 4.08. The van der Waals surface area contributed by atoms with E-state index >= 15 is 0 Å². The topological polar surface area (TPSA) is 97.1 Å². The standard InChI is InChI=1S/C21H13Cl2FN4O3/c22-12-8-16(26-19(23)18(12)29)20(30)27-15-7-3-6-14-17(15)21(31)28(10-25-14)9-11-4-1-2-5-13(11)24/h1-8,10,29H,9H2,(H,27,30). The van der Waals surface area contributed by atoms with Crippen molar-refractivity contribution in [1.29, 1.82) is 0 Å². The fourth-order valence-corrected chi connectivity index (χ4v) is 3.44. The minimum atomic E-state index is -0.694. The van der Waals surface area contributed by atoms with Crippen LogP contribution < -0.4 is 10.9 Å².